The number of nitrogens with zero attached hydrogens (tertiary/aromatic N) is 2. The van der Waals surface area contributed by atoms with Crippen molar-refractivity contribution in [2.75, 3.05) is 0 Å². The van der Waals surface area contributed by atoms with E-state index in [2.05, 4.69) is 20.6 Å². The number of aliphatic carboxylic acids is 2. The van der Waals surface area contributed by atoms with Gasteiger partial charge in [0.15, 0.2) is 0 Å². The molecule has 6 aromatic rings. The number of halogens is 6. The number of amides is 2. The van der Waals surface area contributed by atoms with Gasteiger partial charge in [0.05, 0.1) is 40.5 Å². The van der Waals surface area contributed by atoms with E-state index in [9.17, 15) is 36.7 Å². The average molecular weight is 860 g/mol. The van der Waals surface area contributed by atoms with E-state index in [1.54, 1.807) is 53.9 Å². The Morgan fingerprint density at radius 3 is 1.47 bits per heavy atom. The third-order valence-electron chi connectivity index (χ3n) is 7.97. The summed E-state index contributed by atoms with van der Waals surface area (Å²) in [6.07, 6.45) is -5.87. The zero-order chi connectivity index (χ0) is 41.3. The molecule has 4 N–H and O–H groups in total. The third kappa shape index (κ3) is 11.2. The molecule has 57 heavy (non-hydrogen) atoms. The van der Waals surface area contributed by atoms with Gasteiger partial charge in [-0.05, 0) is 29.8 Å². The molecule has 18 heteroatoms. The first-order chi connectivity index (χ1) is 27.1. The Morgan fingerprint density at radius 1 is 0.632 bits per heavy atom. The molecule has 2 atom stereocenters. The van der Waals surface area contributed by atoms with Crippen molar-refractivity contribution in [1.29, 1.82) is 0 Å². The number of benzene rings is 4. The molecule has 0 saturated heterocycles. The van der Waals surface area contributed by atoms with Crippen LogP contribution in [-0.4, -0.2) is 43.9 Å². The van der Waals surface area contributed by atoms with Crippen LogP contribution in [0.2, 0.25) is 10.0 Å². The molecule has 294 valence electrons. The van der Waals surface area contributed by atoms with E-state index in [1.807, 2.05) is 6.07 Å². The van der Waals surface area contributed by atoms with Gasteiger partial charge in [-0.2, -0.15) is 13.2 Å². The lowest BCUT2D eigenvalue weighted by atomic mass is 9.97. The molecule has 10 nitrogen and oxygen atoms in total. The molecular formula is C39H28Cl2F4N4O6S2. The Bertz CT molecular complexity index is 2410. The van der Waals surface area contributed by atoms with E-state index in [0.717, 1.165) is 23.5 Å². The normalized spacial score (nSPS) is 12.1. The minimum Gasteiger partial charge on any atom is -0.481 e. The second-order valence-corrected chi connectivity index (χ2v) is 14.4. The summed E-state index contributed by atoms with van der Waals surface area (Å²) in [5.74, 6) is -4.46. The molecule has 0 bridgehead atoms. The Hall–Kier alpha value is -5.68. The summed E-state index contributed by atoms with van der Waals surface area (Å²) < 4.78 is 54.1. The minimum atomic E-state index is -4.70. The molecular weight excluding hydrogens is 831 g/mol. The van der Waals surface area contributed by atoms with Crippen LogP contribution in [-0.2, 0) is 15.8 Å². The number of carboxylic acid groups (broad SMARTS) is 2. The number of carboxylic acids is 2. The molecule has 2 aromatic heterocycles. The quantitative estimate of drug-likeness (QED) is 0.0886. The van der Waals surface area contributed by atoms with E-state index < -0.39 is 66.2 Å². The van der Waals surface area contributed by atoms with E-state index in [4.69, 9.17) is 33.4 Å². The van der Waals surface area contributed by atoms with Gasteiger partial charge in [-0.1, -0.05) is 96.0 Å². The monoisotopic (exact) mass is 858 g/mol. The van der Waals surface area contributed by atoms with Gasteiger partial charge >= 0.3 is 18.1 Å². The van der Waals surface area contributed by atoms with Crippen molar-refractivity contribution < 1.29 is 47.0 Å². The molecule has 0 fully saturated rings. The molecule has 2 heterocycles. The number of rotatable bonds is 12. The fourth-order valence-corrected chi connectivity index (χ4v) is 7.62. The van der Waals surface area contributed by atoms with E-state index in [0.29, 0.717) is 31.2 Å². The van der Waals surface area contributed by atoms with Crippen molar-refractivity contribution >= 4 is 69.6 Å². The van der Waals surface area contributed by atoms with Crippen molar-refractivity contribution in [3.05, 3.63) is 152 Å². The van der Waals surface area contributed by atoms with E-state index in [1.165, 1.54) is 47.0 Å². The summed E-state index contributed by atoms with van der Waals surface area (Å²) in [5, 5.41) is 28.1. The van der Waals surface area contributed by atoms with Crippen LogP contribution in [0.3, 0.4) is 0 Å². The topological polar surface area (TPSA) is 159 Å². The zero-order valence-electron chi connectivity index (χ0n) is 29.0. The van der Waals surface area contributed by atoms with Crippen LogP contribution in [0.1, 0.15) is 62.6 Å². The maximum Gasteiger partial charge on any atom is 0.416 e. The molecule has 0 aliphatic rings. The number of thiazole rings is 2. The lowest BCUT2D eigenvalue weighted by molar-refractivity contribution is -0.140. The largest absolute Gasteiger partial charge is 0.481 e. The van der Waals surface area contributed by atoms with Crippen molar-refractivity contribution in [3.63, 3.8) is 0 Å². The van der Waals surface area contributed by atoms with E-state index in [-0.39, 0.29) is 22.5 Å². The SMILES string of the molecule is O=C(O)C[C@H](NC(=O)c1csc(-c2ccccc2Cl)n1)c1ccccc1C(F)(F)F.O=C(O)C[C@H](NC(=O)c1csc(-c2ccccc2Cl)n1)c1ccccc1F. The van der Waals surface area contributed by atoms with Gasteiger partial charge in [0, 0.05) is 27.5 Å². The number of aromatic nitrogens is 2. The molecule has 0 radical (unpaired) electrons. The average Bonchev–Trinajstić information content (AvgIpc) is 3.86. The first kappa shape index (κ1) is 42.5. The Labute approximate surface area is 339 Å². The minimum absolute atomic E-state index is 0.0465. The van der Waals surface area contributed by atoms with Gasteiger partial charge in [-0.3, -0.25) is 19.2 Å². The van der Waals surface area contributed by atoms with Crippen molar-refractivity contribution in [1.82, 2.24) is 20.6 Å². The van der Waals surface area contributed by atoms with Crippen molar-refractivity contribution in [2.45, 2.75) is 31.1 Å². The first-order valence-electron chi connectivity index (χ1n) is 16.5. The highest BCUT2D eigenvalue weighted by atomic mass is 35.5. The summed E-state index contributed by atoms with van der Waals surface area (Å²) in [7, 11) is 0. The maximum absolute atomic E-state index is 14.0. The zero-order valence-corrected chi connectivity index (χ0v) is 32.1. The first-order valence-corrected chi connectivity index (χ1v) is 19.0. The van der Waals surface area contributed by atoms with Crippen LogP contribution < -0.4 is 10.6 Å². The summed E-state index contributed by atoms with van der Waals surface area (Å²) in [5.41, 5.74) is 0.132. The van der Waals surface area contributed by atoms with Crippen LogP contribution in [0, 0.1) is 5.82 Å². The van der Waals surface area contributed by atoms with Gasteiger partial charge in [-0.15, -0.1) is 22.7 Å². The number of hydrogen-bond donors (Lipinski definition) is 4. The Kier molecular flexibility index (Phi) is 14.1. The highest BCUT2D eigenvalue weighted by Crippen LogP contribution is 2.36. The number of alkyl halides is 3. The fourth-order valence-electron chi connectivity index (χ4n) is 5.38. The predicted molar refractivity (Wildman–Crippen MR) is 208 cm³/mol. The Morgan fingerprint density at radius 2 is 1.04 bits per heavy atom. The van der Waals surface area contributed by atoms with Crippen LogP contribution in [0.15, 0.2) is 108 Å². The lowest BCUT2D eigenvalue weighted by Crippen LogP contribution is -2.32. The molecule has 0 saturated carbocycles. The molecule has 0 spiro atoms. The van der Waals surface area contributed by atoms with Gasteiger partial charge in [0.2, 0.25) is 0 Å². The summed E-state index contributed by atoms with van der Waals surface area (Å²) in [4.78, 5) is 56.0. The van der Waals surface area contributed by atoms with Crippen molar-refractivity contribution in [3.8, 4) is 21.1 Å². The van der Waals surface area contributed by atoms with Gasteiger partial charge in [0.1, 0.15) is 27.2 Å². The predicted octanol–water partition coefficient (Wildman–Crippen LogP) is 9.98. The highest BCUT2D eigenvalue weighted by molar-refractivity contribution is 7.13. The Balaban J connectivity index is 0.000000219. The third-order valence-corrected chi connectivity index (χ3v) is 10.4. The molecule has 0 aliphatic carbocycles. The summed E-state index contributed by atoms with van der Waals surface area (Å²) in [6.45, 7) is 0. The summed E-state index contributed by atoms with van der Waals surface area (Å²) >= 11 is 14.6. The van der Waals surface area contributed by atoms with Gasteiger partial charge in [0.25, 0.3) is 11.8 Å². The standard InChI is InChI=1S/C20H14ClF3N2O3S.C19H14ClFN2O3S/c21-14-8-4-2-6-12(14)19-26-16(10-30-19)18(29)25-15(9-17(27)28)11-5-1-3-7-13(11)20(22,23)24;20-13-7-3-1-5-11(13)19-23-16(10-27-19)18(26)22-15(9-17(24)25)12-6-2-4-8-14(12)21/h1-8,10,15H,9H2,(H,25,29)(H,27,28);1-8,10,15H,9H2,(H,22,26)(H,24,25)/t2*15-/m00/s1. The molecule has 0 unspecified atom stereocenters. The molecule has 0 aliphatic heterocycles. The fraction of sp³-hybridized carbons (Fsp3) is 0.128. The smallest absolute Gasteiger partial charge is 0.416 e. The van der Waals surface area contributed by atoms with Gasteiger partial charge < -0.3 is 20.8 Å². The van der Waals surface area contributed by atoms with Gasteiger partial charge in [-0.25, -0.2) is 14.4 Å². The molecule has 2 amide bonds. The summed E-state index contributed by atoms with van der Waals surface area (Å²) in [6, 6.07) is 21.8. The lowest BCUT2D eigenvalue weighted by Gasteiger charge is -2.21. The van der Waals surface area contributed by atoms with Crippen molar-refractivity contribution in [2.24, 2.45) is 0 Å². The van der Waals surface area contributed by atoms with Crippen LogP contribution >= 0.6 is 45.9 Å². The van der Waals surface area contributed by atoms with Crippen LogP contribution in [0.5, 0.6) is 0 Å². The maximum atomic E-state index is 14.0. The molecule has 6 rings (SSSR count). The van der Waals surface area contributed by atoms with Crippen LogP contribution in [0.4, 0.5) is 17.6 Å². The second kappa shape index (κ2) is 19.0. The number of carbonyl (C=O) groups excluding carboxylic acids is 2. The number of hydrogen-bond acceptors (Lipinski definition) is 8. The van der Waals surface area contributed by atoms with Crippen LogP contribution in [0.25, 0.3) is 21.1 Å². The van der Waals surface area contributed by atoms with E-state index >= 15 is 0 Å². The second-order valence-electron chi connectivity index (χ2n) is 11.9. The highest BCUT2D eigenvalue weighted by Gasteiger charge is 2.36. The molecule has 4 aromatic carbocycles. The number of nitrogens with one attached hydrogen (secondary N) is 2. The number of carbonyl (C=O) groups is 4.